The molecule has 1 amide bonds. The van der Waals surface area contributed by atoms with Crippen molar-refractivity contribution in [1.82, 2.24) is 10.6 Å². The van der Waals surface area contributed by atoms with Crippen molar-refractivity contribution in [2.24, 2.45) is 5.92 Å². The van der Waals surface area contributed by atoms with Crippen LogP contribution in [-0.2, 0) is 9.53 Å². The first-order valence-corrected chi connectivity index (χ1v) is 5.71. The van der Waals surface area contributed by atoms with Gasteiger partial charge in [-0.15, -0.1) is 12.4 Å². The molecule has 1 aliphatic rings. The molecule has 1 rings (SSSR count). The van der Waals surface area contributed by atoms with Crippen molar-refractivity contribution >= 4 is 18.3 Å². The van der Waals surface area contributed by atoms with E-state index in [1.54, 1.807) is 7.11 Å². The molecule has 4 nitrogen and oxygen atoms in total. The van der Waals surface area contributed by atoms with E-state index in [2.05, 4.69) is 10.6 Å². The maximum absolute atomic E-state index is 11.4. The summed E-state index contributed by atoms with van der Waals surface area (Å²) in [6.07, 6.45) is 3.50. The van der Waals surface area contributed by atoms with E-state index in [-0.39, 0.29) is 24.4 Å². The Hall–Kier alpha value is -0.320. The SMILES string of the molecule is COCCC(C)NC(=O)CNCC1CC1.Cl. The second-order valence-electron chi connectivity index (χ2n) is 4.32. The summed E-state index contributed by atoms with van der Waals surface area (Å²) in [7, 11) is 1.67. The van der Waals surface area contributed by atoms with Crippen LogP contribution in [0.2, 0.25) is 0 Å². The third-order valence-electron chi connectivity index (χ3n) is 2.58. The van der Waals surface area contributed by atoms with E-state index >= 15 is 0 Å². The van der Waals surface area contributed by atoms with E-state index in [0.29, 0.717) is 13.2 Å². The minimum absolute atomic E-state index is 0. The van der Waals surface area contributed by atoms with Gasteiger partial charge in [-0.25, -0.2) is 0 Å². The molecule has 0 saturated heterocycles. The van der Waals surface area contributed by atoms with Crippen LogP contribution in [0.1, 0.15) is 26.2 Å². The van der Waals surface area contributed by atoms with Crippen molar-refractivity contribution < 1.29 is 9.53 Å². The van der Waals surface area contributed by atoms with Gasteiger partial charge in [0, 0.05) is 19.8 Å². The quantitative estimate of drug-likeness (QED) is 0.675. The maximum Gasteiger partial charge on any atom is 0.234 e. The summed E-state index contributed by atoms with van der Waals surface area (Å²) >= 11 is 0. The minimum Gasteiger partial charge on any atom is -0.385 e. The second-order valence-corrected chi connectivity index (χ2v) is 4.32. The molecule has 5 heteroatoms. The summed E-state index contributed by atoms with van der Waals surface area (Å²) in [5, 5.41) is 6.09. The lowest BCUT2D eigenvalue weighted by Gasteiger charge is -2.13. The summed E-state index contributed by atoms with van der Waals surface area (Å²) in [4.78, 5) is 11.4. The van der Waals surface area contributed by atoms with Gasteiger partial charge >= 0.3 is 0 Å². The standard InChI is InChI=1S/C11H22N2O2.ClH/c1-9(5-6-15-2)13-11(14)8-12-7-10-3-4-10;/h9-10,12H,3-8H2,1-2H3,(H,13,14);1H. The third kappa shape index (κ3) is 7.91. The van der Waals surface area contributed by atoms with Gasteiger partial charge in [0.25, 0.3) is 0 Å². The number of rotatable bonds is 8. The first-order valence-electron chi connectivity index (χ1n) is 5.71. The van der Waals surface area contributed by atoms with E-state index in [0.717, 1.165) is 18.9 Å². The molecule has 1 saturated carbocycles. The van der Waals surface area contributed by atoms with Gasteiger partial charge in [-0.3, -0.25) is 4.79 Å². The van der Waals surface area contributed by atoms with E-state index in [1.165, 1.54) is 12.8 Å². The largest absolute Gasteiger partial charge is 0.385 e. The first kappa shape index (κ1) is 15.7. The van der Waals surface area contributed by atoms with Crippen LogP contribution in [0.4, 0.5) is 0 Å². The number of hydrogen-bond acceptors (Lipinski definition) is 3. The Bertz CT molecular complexity index is 198. The van der Waals surface area contributed by atoms with E-state index in [4.69, 9.17) is 4.74 Å². The smallest absolute Gasteiger partial charge is 0.234 e. The molecular weight excluding hydrogens is 228 g/mol. The van der Waals surface area contributed by atoms with Crippen LogP contribution in [0.3, 0.4) is 0 Å². The van der Waals surface area contributed by atoms with Crippen LogP contribution in [0.25, 0.3) is 0 Å². The number of carbonyl (C=O) groups excluding carboxylic acids is 1. The highest BCUT2D eigenvalue weighted by atomic mass is 35.5. The van der Waals surface area contributed by atoms with Crippen molar-refractivity contribution in [1.29, 1.82) is 0 Å². The van der Waals surface area contributed by atoms with Gasteiger partial charge in [0.2, 0.25) is 5.91 Å². The second kappa shape index (κ2) is 8.79. The Kier molecular flexibility index (Phi) is 8.61. The highest BCUT2D eigenvalue weighted by Gasteiger charge is 2.20. The zero-order chi connectivity index (χ0) is 11.1. The maximum atomic E-state index is 11.4. The summed E-state index contributed by atoms with van der Waals surface area (Å²) < 4.78 is 4.95. The summed E-state index contributed by atoms with van der Waals surface area (Å²) in [6, 6.07) is 0.195. The minimum atomic E-state index is 0. The average molecular weight is 251 g/mol. The number of nitrogens with one attached hydrogen (secondary N) is 2. The van der Waals surface area contributed by atoms with Crippen molar-refractivity contribution in [3.8, 4) is 0 Å². The topological polar surface area (TPSA) is 50.4 Å². The Balaban J connectivity index is 0.00000225. The van der Waals surface area contributed by atoms with Crippen molar-refractivity contribution in [3.05, 3.63) is 0 Å². The lowest BCUT2D eigenvalue weighted by Crippen LogP contribution is -2.39. The molecule has 96 valence electrons. The summed E-state index contributed by atoms with van der Waals surface area (Å²) in [5.41, 5.74) is 0. The normalized spacial score (nSPS) is 16.4. The number of amides is 1. The fourth-order valence-electron chi connectivity index (χ4n) is 1.40. The van der Waals surface area contributed by atoms with Crippen LogP contribution in [0.15, 0.2) is 0 Å². The molecule has 1 fully saturated rings. The number of carbonyl (C=O) groups is 1. The van der Waals surface area contributed by atoms with Gasteiger partial charge in [-0.05, 0) is 38.6 Å². The Morgan fingerprint density at radius 3 is 2.75 bits per heavy atom. The molecule has 0 bridgehead atoms. The van der Waals surface area contributed by atoms with Crippen LogP contribution >= 0.6 is 12.4 Å². The Morgan fingerprint density at radius 2 is 2.19 bits per heavy atom. The molecular formula is C11H23ClN2O2. The highest BCUT2D eigenvalue weighted by molar-refractivity contribution is 5.85. The zero-order valence-electron chi connectivity index (χ0n) is 10.1. The molecule has 0 aromatic heterocycles. The van der Waals surface area contributed by atoms with Crippen molar-refractivity contribution in [3.63, 3.8) is 0 Å². The number of hydrogen-bond donors (Lipinski definition) is 2. The van der Waals surface area contributed by atoms with Gasteiger partial charge in [0.05, 0.1) is 6.54 Å². The van der Waals surface area contributed by atoms with Gasteiger partial charge in [0.1, 0.15) is 0 Å². The third-order valence-corrected chi connectivity index (χ3v) is 2.58. The number of methoxy groups -OCH3 is 1. The Morgan fingerprint density at radius 1 is 1.50 bits per heavy atom. The molecule has 0 heterocycles. The average Bonchev–Trinajstić information content (AvgIpc) is 2.98. The molecule has 0 aromatic carbocycles. The van der Waals surface area contributed by atoms with Crippen LogP contribution in [0, 0.1) is 5.92 Å². The van der Waals surface area contributed by atoms with Crippen LogP contribution < -0.4 is 10.6 Å². The molecule has 1 atom stereocenters. The van der Waals surface area contributed by atoms with Gasteiger partial charge in [-0.1, -0.05) is 0 Å². The van der Waals surface area contributed by atoms with Crippen LogP contribution in [-0.4, -0.2) is 38.8 Å². The molecule has 2 N–H and O–H groups in total. The molecule has 1 unspecified atom stereocenters. The lowest BCUT2D eigenvalue weighted by atomic mass is 10.2. The fraction of sp³-hybridized carbons (Fsp3) is 0.909. The molecule has 16 heavy (non-hydrogen) atoms. The van der Waals surface area contributed by atoms with E-state index < -0.39 is 0 Å². The summed E-state index contributed by atoms with van der Waals surface area (Å²) in [5.74, 6) is 0.906. The molecule has 1 aliphatic carbocycles. The Labute approximate surface area is 104 Å². The lowest BCUT2D eigenvalue weighted by molar-refractivity contribution is -0.120. The van der Waals surface area contributed by atoms with Crippen molar-refractivity contribution in [2.75, 3.05) is 26.8 Å². The monoisotopic (exact) mass is 250 g/mol. The van der Waals surface area contributed by atoms with E-state index in [1.807, 2.05) is 6.92 Å². The number of halogens is 1. The molecule has 0 radical (unpaired) electrons. The summed E-state index contributed by atoms with van der Waals surface area (Å²) in [6.45, 7) is 4.11. The van der Waals surface area contributed by atoms with Gasteiger partial charge < -0.3 is 15.4 Å². The predicted molar refractivity (Wildman–Crippen MR) is 66.9 cm³/mol. The zero-order valence-corrected chi connectivity index (χ0v) is 10.9. The van der Waals surface area contributed by atoms with Crippen LogP contribution in [0.5, 0.6) is 0 Å². The highest BCUT2D eigenvalue weighted by Crippen LogP contribution is 2.27. The first-order chi connectivity index (χ1) is 7.22. The van der Waals surface area contributed by atoms with Crippen molar-refractivity contribution in [2.45, 2.75) is 32.2 Å². The van der Waals surface area contributed by atoms with E-state index in [9.17, 15) is 4.79 Å². The predicted octanol–water partition coefficient (Wildman–Crippen LogP) is 0.949. The van der Waals surface area contributed by atoms with Gasteiger partial charge in [-0.2, -0.15) is 0 Å². The molecule has 0 aromatic rings. The molecule has 0 spiro atoms. The molecule has 0 aliphatic heterocycles. The number of ether oxygens (including phenoxy) is 1. The fourth-order valence-corrected chi connectivity index (χ4v) is 1.40. The van der Waals surface area contributed by atoms with Gasteiger partial charge in [0.15, 0.2) is 0 Å².